The summed E-state index contributed by atoms with van der Waals surface area (Å²) in [5, 5.41) is 0. The maximum absolute atomic E-state index is 11.6. The molecular weight excluding hydrogens is 240 g/mol. The molecule has 4 heteroatoms. The molecule has 0 aliphatic carbocycles. The van der Waals surface area contributed by atoms with E-state index in [1.165, 1.54) is 45.4 Å². The molecule has 0 N–H and O–H groups in total. The zero-order valence-corrected chi connectivity index (χ0v) is 12.3. The van der Waals surface area contributed by atoms with E-state index in [1.807, 2.05) is 6.92 Å². The number of nitrogens with zero attached hydrogens (tertiary/aromatic N) is 2. The van der Waals surface area contributed by atoms with Crippen LogP contribution in [-0.4, -0.2) is 61.6 Å². The number of piperidine rings is 1. The van der Waals surface area contributed by atoms with Gasteiger partial charge in [-0.05, 0) is 78.3 Å². The Morgan fingerprint density at radius 2 is 1.63 bits per heavy atom. The van der Waals surface area contributed by atoms with E-state index in [9.17, 15) is 4.79 Å². The molecule has 2 saturated heterocycles. The topological polar surface area (TPSA) is 32.8 Å². The highest BCUT2D eigenvalue weighted by Crippen LogP contribution is 2.19. The van der Waals surface area contributed by atoms with Crippen LogP contribution in [-0.2, 0) is 9.53 Å². The number of rotatable bonds is 6. The molecule has 0 aromatic carbocycles. The first-order valence-electron chi connectivity index (χ1n) is 7.91. The van der Waals surface area contributed by atoms with E-state index in [2.05, 4.69) is 9.80 Å². The van der Waals surface area contributed by atoms with Gasteiger partial charge in [-0.25, -0.2) is 0 Å². The Labute approximate surface area is 117 Å². The van der Waals surface area contributed by atoms with Gasteiger partial charge in [0, 0.05) is 0 Å². The van der Waals surface area contributed by atoms with Crippen LogP contribution >= 0.6 is 0 Å². The molecule has 2 fully saturated rings. The van der Waals surface area contributed by atoms with Gasteiger partial charge in [0.2, 0.25) is 0 Å². The minimum absolute atomic E-state index is 0.0132. The van der Waals surface area contributed by atoms with Gasteiger partial charge in [0.25, 0.3) is 0 Å². The van der Waals surface area contributed by atoms with E-state index < -0.39 is 0 Å². The van der Waals surface area contributed by atoms with E-state index >= 15 is 0 Å². The fraction of sp³-hybridized carbons (Fsp3) is 0.933. The molecular formula is C15H28N2O2. The standard InChI is InChI=1S/C15H28N2O2/c1-2-19-15(18)14-6-12-17(13-7-14)11-5-10-16-8-3-4-9-16/h14H,2-13H2,1H3. The monoisotopic (exact) mass is 268 g/mol. The molecule has 0 atom stereocenters. The Balaban J connectivity index is 1.56. The number of esters is 1. The third-order valence-electron chi connectivity index (χ3n) is 4.35. The summed E-state index contributed by atoms with van der Waals surface area (Å²) >= 11 is 0. The second-order valence-corrected chi connectivity index (χ2v) is 5.77. The number of carbonyl (C=O) groups excluding carboxylic acids is 1. The minimum atomic E-state index is 0.0132. The number of hydrogen-bond acceptors (Lipinski definition) is 4. The lowest BCUT2D eigenvalue weighted by atomic mass is 9.97. The molecule has 0 bridgehead atoms. The van der Waals surface area contributed by atoms with Gasteiger partial charge in [0.05, 0.1) is 12.5 Å². The van der Waals surface area contributed by atoms with E-state index in [0.717, 1.165) is 25.9 Å². The highest BCUT2D eigenvalue weighted by molar-refractivity contribution is 5.72. The molecule has 0 radical (unpaired) electrons. The summed E-state index contributed by atoms with van der Waals surface area (Å²) in [6.45, 7) is 9.53. The smallest absolute Gasteiger partial charge is 0.309 e. The average Bonchev–Trinajstić information content (AvgIpc) is 2.93. The van der Waals surface area contributed by atoms with Crippen molar-refractivity contribution >= 4 is 5.97 Å². The second-order valence-electron chi connectivity index (χ2n) is 5.77. The first-order chi connectivity index (χ1) is 9.29. The van der Waals surface area contributed by atoms with Crippen LogP contribution in [0.4, 0.5) is 0 Å². The number of carbonyl (C=O) groups is 1. The summed E-state index contributed by atoms with van der Waals surface area (Å²) in [5.41, 5.74) is 0. The normalized spacial score (nSPS) is 22.8. The molecule has 0 unspecified atom stereocenters. The molecule has 0 aromatic rings. The SMILES string of the molecule is CCOC(=O)C1CCN(CCCN2CCCC2)CC1. The predicted octanol–water partition coefficient (Wildman–Crippen LogP) is 1.75. The van der Waals surface area contributed by atoms with E-state index in [-0.39, 0.29) is 11.9 Å². The molecule has 0 spiro atoms. The maximum atomic E-state index is 11.6. The van der Waals surface area contributed by atoms with Crippen LogP contribution in [0.5, 0.6) is 0 Å². The van der Waals surface area contributed by atoms with Gasteiger partial charge in [-0.3, -0.25) is 4.79 Å². The molecule has 2 aliphatic heterocycles. The summed E-state index contributed by atoms with van der Waals surface area (Å²) in [4.78, 5) is 16.7. The summed E-state index contributed by atoms with van der Waals surface area (Å²) in [6.07, 6.45) is 5.98. The van der Waals surface area contributed by atoms with Crippen LogP contribution < -0.4 is 0 Å². The molecule has 19 heavy (non-hydrogen) atoms. The van der Waals surface area contributed by atoms with Crippen LogP contribution in [0.15, 0.2) is 0 Å². The maximum Gasteiger partial charge on any atom is 0.309 e. The van der Waals surface area contributed by atoms with Crippen molar-refractivity contribution in [1.82, 2.24) is 9.80 Å². The van der Waals surface area contributed by atoms with E-state index in [0.29, 0.717) is 6.61 Å². The number of ether oxygens (including phenoxy) is 1. The van der Waals surface area contributed by atoms with Crippen molar-refractivity contribution in [2.45, 2.75) is 39.0 Å². The quantitative estimate of drug-likeness (QED) is 0.687. The van der Waals surface area contributed by atoms with Gasteiger partial charge in [-0.1, -0.05) is 0 Å². The lowest BCUT2D eigenvalue weighted by molar-refractivity contribution is -0.149. The highest BCUT2D eigenvalue weighted by Gasteiger charge is 2.25. The fourth-order valence-electron chi connectivity index (χ4n) is 3.18. The van der Waals surface area contributed by atoms with E-state index in [1.54, 1.807) is 0 Å². The van der Waals surface area contributed by atoms with Crippen LogP contribution in [0.3, 0.4) is 0 Å². The molecule has 4 nitrogen and oxygen atoms in total. The van der Waals surface area contributed by atoms with Crippen molar-refractivity contribution in [2.75, 3.05) is 45.9 Å². The summed E-state index contributed by atoms with van der Waals surface area (Å²) < 4.78 is 5.10. The Hall–Kier alpha value is -0.610. The van der Waals surface area contributed by atoms with Crippen LogP contribution in [0.25, 0.3) is 0 Å². The summed E-state index contributed by atoms with van der Waals surface area (Å²) in [7, 11) is 0. The summed E-state index contributed by atoms with van der Waals surface area (Å²) in [5.74, 6) is 0.161. The van der Waals surface area contributed by atoms with Crippen molar-refractivity contribution in [3.63, 3.8) is 0 Å². The average molecular weight is 268 g/mol. The van der Waals surface area contributed by atoms with Gasteiger partial charge in [0.15, 0.2) is 0 Å². The minimum Gasteiger partial charge on any atom is -0.466 e. The third kappa shape index (κ3) is 4.77. The molecule has 2 aliphatic rings. The van der Waals surface area contributed by atoms with E-state index in [4.69, 9.17) is 4.74 Å². The molecule has 0 saturated carbocycles. The Bertz CT molecular complexity index is 269. The molecule has 2 rings (SSSR count). The number of likely N-dealkylation sites (tertiary alicyclic amines) is 2. The zero-order chi connectivity index (χ0) is 13.5. The molecule has 2 heterocycles. The van der Waals surface area contributed by atoms with Crippen LogP contribution in [0.1, 0.15) is 39.0 Å². The first-order valence-corrected chi connectivity index (χ1v) is 7.91. The Morgan fingerprint density at radius 1 is 1.05 bits per heavy atom. The van der Waals surface area contributed by atoms with Crippen molar-refractivity contribution in [2.24, 2.45) is 5.92 Å². The lowest BCUT2D eigenvalue weighted by Crippen LogP contribution is -2.38. The fourth-order valence-corrected chi connectivity index (χ4v) is 3.18. The predicted molar refractivity (Wildman–Crippen MR) is 76.1 cm³/mol. The number of hydrogen-bond donors (Lipinski definition) is 0. The van der Waals surface area contributed by atoms with Gasteiger partial charge in [-0.2, -0.15) is 0 Å². The Morgan fingerprint density at radius 3 is 2.21 bits per heavy atom. The van der Waals surface area contributed by atoms with Gasteiger partial charge in [-0.15, -0.1) is 0 Å². The van der Waals surface area contributed by atoms with Crippen molar-refractivity contribution in [1.29, 1.82) is 0 Å². The van der Waals surface area contributed by atoms with Gasteiger partial charge >= 0.3 is 5.97 Å². The van der Waals surface area contributed by atoms with Gasteiger partial charge in [0.1, 0.15) is 0 Å². The van der Waals surface area contributed by atoms with Crippen molar-refractivity contribution in [3.8, 4) is 0 Å². The zero-order valence-electron chi connectivity index (χ0n) is 12.3. The second kappa shape index (κ2) is 7.85. The van der Waals surface area contributed by atoms with Crippen LogP contribution in [0, 0.1) is 5.92 Å². The first kappa shape index (κ1) is 14.8. The van der Waals surface area contributed by atoms with Crippen molar-refractivity contribution in [3.05, 3.63) is 0 Å². The Kier molecular flexibility index (Phi) is 6.11. The largest absolute Gasteiger partial charge is 0.466 e. The molecule has 110 valence electrons. The van der Waals surface area contributed by atoms with Crippen molar-refractivity contribution < 1.29 is 9.53 Å². The highest BCUT2D eigenvalue weighted by atomic mass is 16.5. The molecule has 0 aromatic heterocycles. The van der Waals surface area contributed by atoms with Crippen LogP contribution in [0.2, 0.25) is 0 Å². The molecule has 0 amide bonds. The van der Waals surface area contributed by atoms with Gasteiger partial charge < -0.3 is 14.5 Å². The third-order valence-corrected chi connectivity index (χ3v) is 4.35. The lowest BCUT2D eigenvalue weighted by Gasteiger charge is -2.31. The summed E-state index contributed by atoms with van der Waals surface area (Å²) in [6, 6.07) is 0.